The van der Waals surface area contributed by atoms with Crippen LogP contribution in [0.15, 0.2) is 24.3 Å². The molecule has 0 spiro atoms. The first-order chi connectivity index (χ1) is 7.96. The Kier molecular flexibility index (Phi) is 3.20. The lowest BCUT2D eigenvalue weighted by Gasteiger charge is -2.21. The highest BCUT2D eigenvalue weighted by Gasteiger charge is 2.14. The maximum absolute atomic E-state index is 4.60. The highest BCUT2D eigenvalue weighted by atomic mass is 15.0. The molecule has 92 valence electrons. The van der Waals surface area contributed by atoms with Gasteiger partial charge in [0.25, 0.3) is 0 Å². The van der Waals surface area contributed by atoms with Gasteiger partial charge in [-0.05, 0) is 24.5 Å². The topological polar surface area (TPSA) is 40.7 Å². The molecule has 0 aliphatic carbocycles. The quantitative estimate of drug-likeness (QED) is 0.851. The first-order valence-electron chi connectivity index (χ1n) is 6.14. The third-order valence-corrected chi connectivity index (χ3v) is 2.76. The molecule has 3 heteroatoms. The molecule has 0 aliphatic heterocycles. The van der Waals surface area contributed by atoms with Crippen LogP contribution in [0.3, 0.4) is 0 Å². The number of fused-ring (bicyclic) bond motifs is 1. The van der Waals surface area contributed by atoms with Crippen LogP contribution in [0.25, 0.3) is 11.0 Å². The Bertz CT molecular complexity index is 460. The Morgan fingerprint density at radius 2 is 2.00 bits per heavy atom. The van der Waals surface area contributed by atoms with E-state index in [0.717, 1.165) is 23.4 Å². The minimum absolute atomic E-state index is 0.252. The first kappa shape index (κ1) is 12.1. The molecule has 0 bridgehead atoms. The molecule has 3 nitrogen and oxygen atoms in total. The zero-order valence-electron chi connectivity index (χ0n) is 11.0. The number of nitrogens with one attached hydrogen (secondary N) is 2. The molecule has 0 saturated heterocycles. The van der Waals surface area contributed by atoms with Crippen molar-refractivity contribution in [2.24, 2.45) is 5.41 Å². The summed E-state index contributed by atoms with van der Waals surface area (Å²) < 4.78 is 0. The van der Waals surface area contributed by atoms with Crippen LogP contribution in [-0.2, 0) is 0 Å². The van der Waals surface area contributed by atoms with Gasteiger partial charge in [-0.25, -0.2) is 4.98 Å². The van der Waals surface area contributed by atoms with Crippen molar-refractivity contribution in [3.63, 3.8) is 0 Å². The van der Waals surface area contributed by atoms with E-state index in [1.165, 1.54) is 0 Å². The van der Waals surface area contributed by atoms with Crippen LogP contribution < -0.4 is 5.32 Å². The van der Waals surface area contributed by atoms with Gasteiger partial charge in [-0.2, -0.15) is 0 Å². The number of H-pyrrole nitrogens is 1. The van der Waals surface area contributed by atoms with Crippen molar-refractivity contribution < 1.29 is 0 Å². The molecule has 1 unspecified atom stereocenters. The molecule has 2 aromatic rings. The summed E-state index contributed by atoms with van der Waals surface area (Å²) in [6.07, 6.45) is 0. The van der Waals surface area contributed by atoms with Gasteiger partial charge in [0.1, 0.15) is 5.82 Å². The summed E-state index contributed by atoms with van der Waals surface area (Å²) in [5.41, 5.74) is 2.43. The normalized spacial score (nSPS) is 14.1. The Hall–Kier alpha value is -1.35. The fraction of sp³-hybridized carbons (Fsp3) is 0.500. The van der Waals surface area contributed by atoms with Crippen LogP contribution in [0.5, 0.6) is 0 Å². The zero-order chi connectivity index (χ0) is 12.5. The summed E-state index contributed by atoms with van der Waals surface area (Å²) in [7, 11) is 0. The minimum Gasteiger partial charge on any atom is -0.341 e. The summed E-state index contributed by atoms with van der Waals surface area (Å²) in [6, 6.07) is 8.38. The number of aromatic nitrogens is 2. The average molecular weight is 231 g/mol. The summed E-state index contributed by atoms with van der Waals surface area (Å²) in [6.45, 7) is 9.80. The molecular formula is C14H21N3. The third kappa shape index (κ3) is 3.07. The molecule has 1 aromatic carbocycles. The highest BCUT2D eigenvalue weighted by molar-refractivity contribution is 5.74. The molecule has 2 N–H and O–H groups in total. The van der Waals surface area contributed by atoms with Crippen molar-refractivity contribution in [1.29, 1.82) is 0 Å². The molecule has 0 saturated carbocycles. The first-order valence-corrected chi connectivity index (χ1v) is 6.14. The fourth-order valence-corrected chi connectivity index (χ4v) is 1.73. The number of aromatic amines is 1. The van der Waals surface area contributed by atoms with Gasteiger partial charge in [0.05, 0.1) is 17.1 Å². The van der Waals surface area contributed by atoms with Gasteiger partial charge < -0.3 is 10.3 Å². The Balaban J connectivity index is 2.11. The Labute approximate surface area is 103 Å². The summed E-state index contributed by atoms with van der Waals surface area (Å²) in [5, 5.41) is 3.51. The molecular weight excluding hydrogens is 210 g/mol. The van der Waals surface area contributed by atoms with E-state index < -0.39 is 0 Å². The standard InChI is InChI=1S/C14H21N3/c1-10(15-9-14(2,3)4)13-16-11-7-5-6-8-12(11)17-13/h5-8,10,15H,9H2,1-4H3,(H,16,17). The number of hydrogen-bond donors (Lipinski definition) is 2. The Morgan fingerprint density at radius 3 is 2.65 bits per heavy atom. The van der Waals surface area contributed by atoms with Crippen LogP contribution in [0.1, 0.15) is 39.6 Å². The predicted molar refractivity (Wildman–Crippen MR) is 72.0 cm³/mol. The van der Waals surface area contributed by atoms with Crippen LogP contribution in [0.4, 0.5) is 0 Å². The van der Waals surface area contributed by atoms with E-state index in [2.05, 4.69) is 49.0 Å². The van der Waals surface area contributed by atoms with E-state index >= 15 is 0 Å². The molecule has 17 heavy (non-hydrogen) atoms. The minimum atomic E-state index is 0.252. The summed E-state index contributed by atoms with van der Waals surface area (Å²) >= 11 is 0. The van der Waals surface area contributed by atoms with Crippen molar-refractivity contribution in [2.75, 3.05) is 6.54 Å². The van der Waals surface area contributed by atoms with Crippen molar-refractivity contribution in [3.05, 3.63) is 30.1 Å². The monoisotopic (exact) mass is 231 g/mol. The van der Waals surface area contributed by atoms with Gasteiger partial charge in [0.15, 0.2) is 0 Å². The lowest BCUT2D eigenvalue weighted by atomic mass is 9.96. The fourth-order valence-electron chi connectivity index (χ4n) is 1.73. The smallest absolute Gasteiger partial charge is 0.124 e. The number of para-hydroxylation sites is 2. The van der Waals surface area contributed by atoms with E-state index in [0.29, 0.717) is 5.41 Å². The van der Waals surface area contributed by atoms with Crippen LogP contribution >= 0.6 is 0 Å². The maximum atomic E-state index is 4.60. The number of nitrogens with zero attached hydrogens (tertiary/aromatic N) is 1. The number of rotatable bonds is 3. The van der Waals surface area contributed by atoms with Gasteiger partial charge in [0, 0.05) is 6.54 Å². The van der Waals surface area contributed by atoms with Crippen LogP contribution in [0, 0.1) is 5.41 Å². The SMILES string of the molecule is CC(NCC(C)(C)C)c1nc2ccccc2[nH]1. The molecule has 1 aromatic heterocycles. The number of imidazole rings is 1. The lowest BCUT2D eigenvalue weighted by molar-refractivity contribution is 0.356. The number of benzene rings is 1. The molecule has 0 aliphatic rings. The molecule has 1 atom stereocenters. The second kappa shape index (κ2) is 4.49. The highest BCUT2D eigenvalue weighted by Crippen LogP contribution is 2.17. The van der Waals surface area contributed by atoms with Crippen molar-refractivity contribution in [2.45, 2.75) is 33.7 Å². The lowest BCUT2D eigenvalue weighted by Crippen LogP contribution is -2.29. The zero-order valence-corrected chi connectivity index (χ0v) is 11.0. The largest absolute Gasteiger partial charge is 0.341 e. The molecule has 2 rings (SSSR count). The number of hydrogen-bond acceptors (Lipinski definition) is 2. The molecule has 0 radical (unpaired) electrons. The average Bonchev–Trinajstić information content (AvgIpc) is 2.68. The van der Waals surface area contributed by atoms with Crippen molar-refractivity contribution in [3.8, 4) is 0 Å². The van der Waals surface area contributed by atoms with Gasteiger partial charge in [-0.3, -0.25) is 0 Å². The second-order valence-corrected chi connectivity index (χ2v) is 5.80. The van der Waals surface area contributed by atoms with Gasteiger partial charge in [0.2, 0.25) is 0 Å². The van der Waals surface area contributed by atoms with Crippen molar-refractivity contribution >= 4 is 11.0 Å². The van der Waals surface area contributed by atoms with Crippen LogP contribution in [-0.4, -0.2) is 16.5 Å². The molecule has 1 heterocycles. The van der Waals surface area contributed by atoms with E-state index in [9.17, 15) is 0 Å². The predicted octanol–water partition coefficient (Wildman–Crippen LogP) is 3.26. The third-order valence-electron chi connectivity index (χ3n) is 2.76. The molecule has 0 amide bonds. The van der Waals surface area contributed by atoms with Gasteiger partial charge >= 0.3 is 0 Å². The van der Waals surface area contributed by atoms with Crippen molar-refractivity contribution in [1.82, 2.24) is 15.3 Å². The molecule has 0 fully saturated rings. The van der Waals surface area contributed by atoms with Gasteiger partial charge in [-0.15, -0.1) is 0 Å². The van der Waals surface area contributed by atoms with E-state index in [1.54, 1.807) is 0 Å². The van der Waals surface area contributed by atoms with E-state index in [-0.39, 0.29) is 6.04 Å². The Morgan fingerprint density at radius 1 is 1.29 bits per heavy atom. The maximum Gasteiger partial charge on any atom is 0.124 e. The van der Waals surface area contributed by atoms with Gasteiger partial charge in [-0.1, -0.05) is 32.9 Å². The summed E-state index contributed by atoms with van der Waals surface area (Å²) in [5.74, 6) is 1.01. The second-order valence-electron chi connectivity index (χ2n) is 5.80. The van der Waals surface area contributed by atoms with Crippen LogP contribution in [0.2, 0.25) is 0 Å². The van der Waals surface area contributed by atoms with E-state index in [1.807, 2.05) is 18.2 Å². The summed E-state index contributed by atoms with van der Waals surface area (Å²) in [4.78, 5) is 7.95. The van der Waals surface area contributed by atoms with E-state index in [4.69, 9.17) is 0 Å².